The van der Waals surface area contributed by atoms with Crippen molar-refractivity contribution in [3.8, 4) is 17.1 Å². The molecule has 1 heterocycles. The van der Waals surface area contributed by atoms with Crippen molar-refractivity contribution in [1.29, 1.82) is 0 Å². The van der Waals surface area contributed by atoms with E-state index in [1.54, 1.807) is 7.11 Å². The summed E-state index contributed by atoms with van der Waals surface area (Å²) < 4.78 is 45.4. The van der Waals surface area contributed by atoms with Gasteiger partial charge in [-0.2, -0.15) is 0 Å². The smallest absolute Gasteiger partial charge is 0.364 e. The zero-order chi connectivity index (χ0) is 17.7. The van der Waals surface area contributed by atoms with Gasteiger partial charge in [0.05, 0.1) is 12.5 Å². The Bertz CT molecular complexity index is 823. The van der Waals surface area contributed by atoms with Crippen LogP contribution in [0.4, 0.5) is 0 Å². The number of aryl methyl sites for hydroxylation is 1. The molecule has 0 saturated carbocycles. The molecule has 0 atom stereocenters. The van der Waals surface area contributed by atoms with E-state index in [4.69, 9.17) is 27.8 Å². The van der Waals surface area contributed by atoms with E-state index in [0.29, 0.717) is 0 Å². The normalized spacial score (nSPS) is 10.9. The fourth-order valence-corrected chi connectivity index (χ4v) is 2.28. The van der Waals surface area contributed by atoms with Crippen molar-refractivity contribution in [2.75, 3.05) is 7.11 Å². The first kappa shape index (κ1) is 18.1. The molecule has 7 heteroatoms. The average molecular weight is 351 g/mol. The second-order valence-corrected chi connectivity index (χ2v) is 5.62. The minimum atomic E-state index is -4.94. The van der Waals surface area contributed by atoms with Gasteiger partial charge in [-0.15, -0.1) is 10.2 Å². The predicted octanol–water partition coefficient (Wildman–Crippen LogP) is -0.0581. The van der Waals surface area contributed by atoms with Gasteiger partial charge in [-0.1, -0.05) is 24.3 Å². The van der Waals surface area contributed by atoms with Crippen LogP contribution in [0.2, 0.25) is 0 Å². The minimum Gasteiger partial charge on any atom is -0.496 e. The number of hydrogen-bond donors (Lipinski definition) is 0. The maximum Gasteiger partial charge on any atom is 0.364 e. The summed E-state index contributed by atoms with van der Waals surface area (Å²) in [5, 5.41) is 1.14. The molecule has 0 unspecified atom stereocenters. The Morgan fingerprint density at radius 2 is 1.50 bits per heavy atom. The number of methoxy groups -OCH3 is 1. The molecule has 0 aliphatic carbocycles. The Morgan fingerprint density at radius 3 is 2.17 bits per heavy atom. The van der Waals surface area contributed by atoms with Gasteiger partial charge in [0.2, 0.25) is 0 Å². The Morgan fingerprint density at radius 1 is 0.917 bits per heavy atom. The molecular formula is C17H15ClO6. The largest absolute Gasteiger partial charge is 0.496 e. The van der Waals surface area contributed by atoms with Crippen molar-refractivity contribution in [3.63, 3.8) is 0 Å². The highest BCUT2D eigenvalue weighted by Gasteiger charge is 2.19. The van der Waals surface area contributed by atoms with E-state index in [0.717, 1.165) is 28.0 Å². The third kappa shape index (κ3) is 4.89. The van der Waals surface area contributed by atoms with Gasteiger partial charge < -0.3 is 4.74 Å². The van der Waals surface area contributed by atoms with Crippen molar-refractivity contribution in [2.24, 2.45) is 0 Å². The van der Waals surface area contributed by atoms with Crippen LogP contribution >= 0.6 is 0 Å². The molecule has 0 aliphatic heterocycles. The fraction of sp³-hybridized carbons (Fsp3) is 0.118. The molecule has 0 saturated heterocycles. The third-order valence-electron chi connectivity index (χ3n) is 3.25. The molecule has 0 fully saturated rings. The Labute approximate surface area is 140 Å². The quantitative estimate of drug-likeness (QED) is 0.598. The van der Waals surface area contributed by atoms with Gasteiger partial charge in [-0.05, 0) is 30.7 Å². The van der Waals surface area contributed by atoms with Crippen LogP contribution < -0.4 is 23.4 Å². The van der Waals surface area contributed by atoms with Gasteiger partial charge in [0, 0.05) is 12.1 Å². The Kier molecular flexibility index (Phi) is 5.71. The number of halogens is 1. The van der Waals surface area contributed by atoms with Crippen LogP contribution in [0.1, 0.15) is 5.56 Å². The number of para-hydroxylation sites is 2. The average Bonchev–Trinajstić information content (AvgIpc) is 2.53. The summed E-state index contributed by atoms with van der Waals surface area (Å²) in [7, 11) is -3.27. The van der Waals surface area contributed by atoms with Gasteiger partial charge in [0.15, 0.2) is 0 Å². The number of rotatable bonds is 2. The molecular weight excluding hydrogens is 336 g/mol. The number of ether oxygens (including phenoxy) is 1. The summed E-state index contributed by atoms with van der Waals surface area (Å²) in [6, 6.07) is 18.0. The SMILES string of the molecule is COc1ccccc1-c1cc(C)c2ccccc2[o+]1.[O-][Cl+3]([O-])([O-])[O-]. The molecule has 3 rings (SSSR count). The van der Waals surface area contributed by atoms with Crippen molar-refractivity contribution in [2.45, 2.75) is 6.92 Å². The van der Waals surface area contributed by atoms with E-state index in [2.05, 4.69) is 19.1 Å². The maximum absolute atomic E-state index is 8.49. The molecule has 0 spiro atoms. The van der Waals surface area contributed by atoms with E-state index < -0.39 is 10.2 Å². The van der Waals surface area contributed by atoms with Gasteiger partial charge in [-0.3, -0.25) is 0 Å². The summed E-state index contributed by atoms with van der Waals surface area (Å²) in [5.41, 5.74) is 3.06. The first-order chi connectivity index (χ1) is 11.3. The summed E-state index contributed by atoms with van der Waals surface area (Å²) >= 11 is 0. The van der Waals surface area contributed by atoms with Crippen LogP contribution in [-0.2, 0) is 0 Å². The maximum atomic E-state index is 8.49. The van der Waals surface area contributed by atoms with Crippen molar-refractivity contribution >= 4 is 11.0 Å². The predicted molar refractivity (Wildman–Crippen MR) is 77.3 cm³/mol. The molecule has 1 aromatic heterocycles. The monoisotopic (exact) mass is 350 g/mol. The fourth-order valence-electron chi connectivity index (χ4n) is 2.28. The molecule has 0 N–H and O–H groups in total. The Hall–Kier alpha value is -2.22. The molecule has 0 radical (unpaired) electrons. The lowest BCUT2D eigenvalue weighted by atomic mass is 10.1. The van der Waals surface area contributed by atoms with E-state index in [9.17, 15) is 0 Å². The lowest BCUT2D eigenvalue weighted by Crippen LogP contribution is -2.68. The van der Waals surface area contributed by atoms with E-state index in [1.807, 2.05) is 42.5 Å². The van der Waals surface area contributed by atoms with Gasteiger partial charge in [0.1, 0.15) is 11.3 Å². The van der Waals surface area contributed by atoms with Crippen molar-refractivity contribution in [1.82, 2.24) is 0 Å². The lowest BCUT2D eigenvalue weighted by molar-refractivity contribution is -2.00. The zero-order valence-corrected chi connectivity index (χ0v) is 13.8. The summed E-state index contributed by atoms with van der Waals surface area (Å²) in [6.07, 6.45) is 0. The van der Waals surface area contributed by atoms with E-state index in [1.165, 1.54) is 5.56 Å². The first-order valence-electron chi connectivity index (χ1n) is 6.87. The molecule has 0 amide bonds. The first-order valence-corrected chi connectivity index (χ1v) is 8.10. The van der Waals surface area contributed by atoms with Crippen LogP contribution in [-0.4, -0.2) is 7.11 Å². The highest BCUT2D eigenvalue weighted by atomic mass is 35.7. The number of hydrogen-bond acceptors (Lipinski definition) is 5. The zero-order valence-electron chi connectivity index (χ0n) is 13.0. The highest BCUT2D eigenvalue weighted by Crippen LogP contribution is 2.33. The Balaban J connectivity index is 0.000000368. The molecule has 2 aromatic carbocycles. The molecule has 126 valence electrons. The number of benzene rings is 2. The van der Waals surface area contributed by atoms with Crippen molar-refractivity contribution in [3.05, 3.63) is 60.2 Å². The summed E-state index contributed by atoms with van der Waals surface area (Å²) in [5.74, 6) is 1.65. The van der Waals surface area contributed by atoms with E-state index >= 15 is 0 Å². The molecule has 24 heavy (non-hydrogen) atoms. The second-order valence-electron chi connectivity index (χ2n) is 4.87. The van der Waals surface area contributed by atoms with Gasteiger partial charge in [0.25, 0.3) is 0 Å². The second kappa shape index (κ2) is 7.57. The standard InChI is InChI=1S/C17H15O2.ClHO4/c1-12-11-17(14-8-4-5-9-15(14)18-2)19-16-10-6-3-7-13(12)16;2-1(3,4)5/h3-11H,1-2H3;(H,2,3,4,5)/q+1;/p-1. The topological polar surface area (TPSA) is 113 Å². The lowest BCUT2D eigenvalue weighted by Gasteiger charge is -2.17. The minimum absolute atomic E-state index is 0.820. The van der Waals surface area contributed by atoms with Crippen LogP contribution in [0.3, 0.4) is 0 Å². The summed E-state index contributed by atoms with van der Waals surface area (Å²) in [6.45, 7) is 2.09. The molecule has 3 aromatic rings. The van der Waals surface area contributed by atoms with Crippen molar-refractivity contribution < 1.29 is 38.0 Å². The molecule has 0 aliphatic rings. The van der Waals surface area contributed by atoms with Gasteiger partial charge >= 0.3 is 11.3 Å². The van der Waals surface area contributed by atoms with Crippen LogP contribution in [0.25, 0.3) is 22.3 Å². The summed E-state index contributed by atoms with van der Waals surface area (Å²) in [4.78, 5) is 0. The van der Waals surface area contributed by atoms with Crippen LogP contribution in [0.5, 0.6) is 5.75 Å². The van der Waals surface area contributed by atoms with Gasteiger partial charge in [-0.25, -0.2) is 23.1 Å². The van der Waals surface area contributed by atoms with Crippen LogP contribution in [0, 0.1) is 17.2 Å². The number of fused-ring (bicyclic) bond motifs is 1. The molecule has 6 nitrogen and oxygen atoms in total. The molecule has 0 bridgehead atoms. The van der Waals surface area contributed by atoms with E-state index in [-0.39, 0.29) is 0 Å². The highest BCUT2D eigenvalue weighted by molar-refractivity contribution is 5.83. The van der Waals surface area contributed by atoms with Crippen LogP contribution in [0.15, 0.2) is 59.0 Å². The third-order valence-corrected chi connectivity index (χ3v) is 3.25.